The fourth-order valence-electron chi connectivity index (χ4n) is 3.76. The standard InChI is InChI=1S/C21H25NO6/c1-21(2,3)28-20(25)22-9-8-13-14-11-16(19(24)27-5)15(18(23)26-4)10-12(14)6-7-17(13)22/h6-9,15-16H,10-11H2,1-5H3/t15-,16-/m0/s1. The van der Waals surface area contributed by atoms with Gasteiger partial charge in [0.1, 0.15) is 5.60 Å². The summed E-state index contributed by atoms with van der Waals surface area (Å²) >= 11 is 0. The summed E-state index contributed by atoms with van der Waals surface area (Å²) in [6.45, 7) is 5.44. The summed E-state index contributed by atoms with van der Waals surface area (Å²) in [5.41, 5.74) is 2.00. The molecule has 0 saturated heterocycles. The van der Waals surface area contributed by atoms with E-state index >= 15 is 0 Å². The first-order valence-electron chi connectivity index (χ1n) is 9.17. The van der Waals surface area contributed by atoms with Gasteiger partial charge < -0.3 is 14.2 Å². The van der Waals surface area contributed by atoms with E-state index in [1.165, 1.54) is 18.8 Å². The topological polar surface area (TPSA) is 83.8 Å². The first kappa shape index (κ1) is 19.9. The van der Waals surface area contributed by atoms with Crippen LogP contribution in [0.3, 0.4) is 0 Å². The Balaban J connectivity index is 2.04. The van der Waals surface area contributed by atoms with Gasteiger partial charge in [-0.15, -0.1) is 0 Å². The van der Waals surface area contributed by atoms with Crippen LogP contribution in [-0.4, -0.2) is 42.4 Å². The van der Waals surface area contributed by atoms with E-state index in [0.29, 0.717) is 18.4 Å². The Hall–Kier alpha value is -2.83. The molecule has 1 aromatic carbocycles. The molecule has 0 N–H and O–H groups in total. The lowest BCUT2D eigenvalue weighted by Gasteiger charge is -2.30. The van der Waals surface area contributed by atoms with E-state index in [-0.39, 0.29) is 0 Å². The third kappa shape index (κ3) is 3.61. The largest absolute Gasteiger partial charge is 0.469 e. The van der Waals surface area contributed by atoms with E-state index in [1.54, 1.807) is 6.20 Å². The van der Waals surface area contributed by atoms with Gasteiger partial charge in [-0.1, -0.05) is 6.07 Å². The molecule has 0 spiro atoms. The Morgan fingerprint density at radius 2 is 1.57 bits per heavy atom. The van der Waals surface area contributed by atoms with Gasteiger partial charge in [0.25, 0.3) is 0 Å². The zero-order valence-electron chi connectivity index (χ0n) is 16.8. The highest BCUT2D eigenvalue weighted by Crippen LogP contribution is 2.36. The van der Waals surface area contributed by atoms with Gasteiger partial charge in [-0.05, 0) is 56.9 Å². The number of nitrogens with zero attached hydrogens (tertiary/aromatic N) is 1. The molecule has 28 heavy (non-hydrogen) atoms. The normalized spacial score (nSPS) is 19.0. The van der Waals surface area contributed by atoms with Crippen LogP contribution in [0.1, 0.15) is 31.9 Å². The number of rotatable bonds is 2. The van der Waals surface area contributed by atoms with Crippen molar-refractivity contribution in [3.63, 3.8) is 0 Å². The van der Waals surface area contributed by atoms with Crippen LogP contribution in [-0.2, 0) is 36.6 Å². The Bertz CT molecular complexity index is 936. The number of methoxy groups -OCH3 is 2. The SMILES string of the molecule is COC(=O)[C@H]1Cc2ccc3c(ccn3C(=O)OC(C)(C)C)c2C[C@@H]1C(=O)OC. The quantitative estimate of drug-likeness (QED) is 0.582. The Labute approximate surface area is 163 Å². The van der Waals surface area contributed by atoms with Gasteiger partial charge in [-0.3, -0.25) is 14.2 Å². The molecule has 1 aromatic heterocycles. The fraction of sp³-hybridized carbons (Fsp3) is 0.476. The van der Waals surface area contributed by atoms with Crippen LogP contribution in [0.2, 0.25) is 0 Å². The zero-order valence-corrected chi connectivity index (χ0v) is 16.8. The lowest BCUT2D eigenvalue weighted by Crippen LogP contribution is -2.38. The summed E-state index contributed by atoms with van der Waals surface area (Å²) in [5.74, 6) is -2.08. The summed E-state index contributed by atoms with van der Waals surface area (Å²) in [6.07, 6.45) is 1.93. The highest BCUT2D eigenvalue weighted by Gasteiger charge is 2.40. The second-order valence-corrected chi connectivity index (χ2v) is 7.97. The van der Waals surface area contributed by atoms with Gasteiger partial charge in [0.2, 0.25) is 0 Å². The Morgan fingerprint density at radius 3 is 2.14 bits per heavy atom. The van der Waals surface area contributed by atoms with E-state index in [4.69, 9.17) is 14.2 Å². The summed E-state index contributed by atoms with van der Waals surface area (Å²) < 4.78 is 16.7. The lowest BCUT2D eigenvalue weighted by atomic mass is 9.75. The third-order valence-electron chi connectivity index (χ3n) is 5.03. The molecule has 7 heteroatoms. The maximum Gasteiger partial charge on any atom is 0.418 e. The number of carbonyl (C=O) groups is 3. The molecule has 0 bridgehead atoms. The average Bonchev–Trinajstić information content (AvgIpc) is 3.09. The molecular formula is C21H25NO6. The molecule has 7 nitrogen and oxygen atoms in total. The van der Waals surface area contributed by atoms with Crippen molar-refractivity contribution in [3.05, 3.63) is 35.5 Å². The number of hydrogen-bond acceptors (Lipinski definition) is 6. The molecule has 3 rings (SSSR count). The summed E-state index contributed by atoms with van der Waals surface area (Å²) in [7, 11) is 2.63. The number of carbonyl (C=O) groups excluding carboxylic acids is 3. The minimum atomic E-state index is -0.625. The predicted octanol–water partition coefficient (Wildman–Crippen LogP) is 3.10. The smallest absolute Gasteiger partial charge is 0.418 e. The van der Waals surface area contributed by atoms with Gasteiger partial charge in [0.05, 0.1) is 31.6 Å². The first-order chi connectivity index (χ1) is 13.2. The number of benzene rings is 1. The van der Waals surface area contributed by atoms with Gasteiger partial charge >= 0.3 is 18.0 Å². The van der Waals surface area contributed by atoms with Crippen LogP contribution in [0.15, 0.2) is 24.4 Å². The maximum atomic E-state index is 12.5. The number of hydrogen-bond donors (Lipinski definition) is 0. The molecule has 0 saturated carbocycles. The first-order valence-corrected chi connectivity index (χ1v) is 9.17. The lowest BCUT2D eigenvalue weighted by molar-refractivity contribution is -0.158. The van der Waals surface area contributed by atoms with Gasteiger partial charge in [-0.25, -0.2) is 4.79 Å². The minimum absolute atomic E-state index is 0.345. The van der Waals surface area contributed by atoms with Crippen molar-refractivity contribution < 1.29 is 28.6 Å². The van der Waals surface area contributed by atoms with Crippen molar-refractivity contribution in [3.8, 4) is 0 Å². The molecule has 0 aliphatic heterocycles. The van der Waals surface area contributed by atoms with E-state index in [0.717, 1.165) is 16.5 Å². The molecule has 2 aromatic rings. The van der Waals surface area contributed by atoms with Crippen molar-refractivity contribution in [2.45, 2.75) is 39.2 Å². The van der Waals surface area contributed by atoms with E-state index < -0.39 is 35.5 Å². The van der Waals surface area contributed by atoms with Crippen LogP contribution >= 0.6 is 0 Å². The zero-order chi connectivity index (χ0) is 20.6. The van der Waals surface area contributed by atoms with Crippen LogP contribution in [0.4, 0.5) is 4.79 Å². The predicted molar refractivity (Wildman–Crippen MR) is 102 cm³/mol. The number of esters is 2. The van der Waals surface area contributed by atoms with E-state index in [9.17, 15) is 14.4 Å². The second kappa shape index (κ2) is 7.30. The molecule has 0 radical (unpaired) electrons. The van der Waals surface area contributed by atoms with Crippen molar-refractivity contribution in [2.24, 2.45) is 11.8 Å². The molecule has 0 fully saturated rings. The summed E-state index contributed by atoms with van der Waals surface area (Å²) in [4.78, 5) is 37.0. The van der Waals surface area contributed by atoms with Crippen molar-refractivity contribution in [1.82, 2.24) is 4.57 Å². The van der Waals surface area contributed by atoms with Crippen LogP contribution in [0, 0.1) is 11.8 Å². The van der Waals surface area contributed by atoms with Crippen molar-refractivity contribution in [1.29, 1.82) is 0 Å². The third-order valence-corrected chi connectivity index (χ3v) is 5.03. The summed E-state index contributed by atoms with van der Waals surface area (Å²) in [6, 6.07) is 5.57. The maximum absolute atomic E-state index is 12.5. The van der Waals surface area contributed by atoms with Gasteiger partial charge in [-0.2, -0.15) is 0 Å². The monoisotopic (exact) mass is 387 g/mol. The minimum Gasteiger partial charge on any atom is -0.469 e. The summed E-state index contributed by atoms with van der Waals surface area (Å²) in [5, 5.41) is 0.862. The average molecular weight is 387 g/mol. The van der Waals surface area contributed by atoms with Gasteiger partial charge in [0, 0.05) is 11.6 Å². The molecule has 1 heterocycles. The van der Waals surface area contributed by atoms with Crippen LogP contribution in [0.25, 0.3) is 10.9 Å². The molecule has 0 amide bonds. The van der Waals surface area contributed by atoms with Gasteiger partial charge in [0.15, 0.2) is 0 Å². The highest BCUT2D eigenvalue weighted by atomic mass is 16.6. The molecule has 2 atom stereocenters. The molecular weight excluding hydrogens is 362 g/mol. The Kier molecular flexibility index (Phi) is 5.19. The number of ether oxygens (including phenoxy) is 3. The molecule has 150 valence electrons. The molecule has 1 aliphatic carbocycles. The van der Waals surface area contributed by atoms with E-state index in [1.807, 2.05) is 39.0 Å². The molecule has 0 unspecified atom stereocenters. The number of fused-ring (bicyclic) bond motifs is 3. The van der Waals surface area contributed by atoms with Crippen LogP contribution in [0.5, 0.6) is 0 Å². The van der Waals surface area contributed by atoms with Crippen molar-refractivity contribution in [2.75, 3.05) is 14.2 Å². The van der Waals surface area contributed by atoms with E-state index in [2.05, 4.69) is 0 Å². The molecule has 1 aliphatic rings. The van der Waals surface area contributed by atoms with Crippen LogP contribution < -0.4 is 0 Å². The second-order valence-electron chi connectivity index (χ2n) is 7.97. The van der Waals surface area contributed by atoms with Crippen molar-refractivity contribution >= 4 is 28.9 Å². The Morgan fingerprint density at radius 1 is 0.964 bits per heavy atom. The fourth-order valence-corrected chi connectivity index (χ4v) is 3.76. The highest BCUT2D eigenvalue weighted by molar-refractivity contribution is 5.93. The number of aromatic nitrogens is 1.